The van der Waals surface area contributed by atoms with Gasteiger partial charge in [-0.3, -0.25) is 10.3 Å². The van der Waals surface area contributed by atoms with Crippen molar-refractivity contribution in [3.63, 3.8) is 0 Å². The summed E-state index contributed by atoms with van der Waals surface area (Å²) in [5.41, 5.74) is 3.40. The van der Waals surface area contributed by atoms with Crippen LogP contribution in [0.4, 0.5) is 4.39 Å². The maximum Gasteiger partial charge on any atom is 0.231 e. The predicted octanol–water partition coefficient (Wildman–Crippen LogP) is 5.25. The lowest BCUT2D eigenvalue weighted by molar-refractivity contribution is 0.174. The van der Waals surface area contributed by atoms with Crippen LogP contribution in [-0.2, 0) is 0 Å². The SMILES string of the molecule is Oc1ccccc1[C@H]1CC(c2ccc3c(c2)OCO3)=N[C@H](c2ccc(F)c(Br)c2)N1. The largest absolute Gasteiger partial charge is 0.508 e. The van der Waals surface area contributed by atoms with E-state index in [-0.39, 0.29) is 24.4 Å². The topological polar surface area (TPSA) is 63.1 Å². The first-order chi connectivity index (χ1) is 14.6. The summed E-state index contributed by atoms with van der Waals surface area (Å²) in [5.74, 6) is 1.30. The number of hydrogen-bond acceptors (Lipinski definition) is 5. The molecule has 0 amide bonds. The molecule has 30 heavy (non-hydrogen) atoms. The maximum absolute atomic E-state index is 13.8. The van der Waals surface area contributed by atoms with Gasteiger partial charge in [0.25, 0.3) is 0 Å². The molecular formula is C23H18BrFN2O3. The van der Waals surface area contributed by atoms with Gasteiger partial charge in [0.15, 0.2) is 11.5 Å². The molecule has 5 rings (SSSR count). The first kappa shape index (κ1) is 19.1. The predicted molar refractivity (Wildman–Crippen MR) is 115 cm³/mol. The summed E-state index contributed by atoms with van der Waals surface area (Å²) in [4.78, 5) is 4.91. The number of phenolic OH excluding ortho intramolecular Hbond substituents is 1. The highest BCUT2D eigenvalue weighted by Crippen LogP contribution is 2.37. The summed E-state index contributed by atoms with van der Waals surface area (Å²) in [7, 11) is 0. The molecule has 0 aliphatic carbocycles. The van der Waals surface area contributed by atoms with Crippen LogP contribution in [0.15, 0.2) is 70.1 Å². The lowest BCUT2D eigenvalue weighted by Gasteiger charge is -2.31. The van der Waals surface area contributed by atoms with E-state index >= 15 is 0 Å². The van der Waals surface area contributed by atoms with E-state index < -0.39 is 6.17 Å². The van der Waals surface area contributed by atoms with Gasteiger partial charge in [-0.15, -0.1) is 0 Å². The van der Waals surface area contributed by atoms with Crippen LogP contribution in [0, 0.1) is 5.82 Å². The Balaban J connectivity index is 1.57. The quantitative estimate of drug-likeness (QED) is 0.551. The van der Waals surface area contributed by atoms with E-state index in [0.717, 1.165) is 22.4 Å². The molecule has 0 bridgehead atoms. The molecule has 0 radical (unpaired) electrons. The Morgan fingerprint density at radius 1 is 1.03 bits per heavy atom. The Labute approximate surface area is 181 Å². The Hall–Kier alpha value is -2.90. The fourth-order valence-electron chi connectivity index (χ4n) is 3.79. The van der Waals surface area contributed by atoms with E-state index in [1.165, 1.54) is 6.07 Å². The van der Waals surface area contributed by atoms with Crippen molar-refractivity contribution >= 4 is 21.6 Å². The van der Waals surface area contributed by atoms with E-state index in [2.05, 4.69) is 21.2 Å². The summed E-state index contributed by atoms with van der Waals surface area (Å²) in [5, 5.41) is 13.9. The van der Waals surface area contributed by atoms with Crippen LogP contribution in [0.1, 0.15) is 35.3 Å². The first-order valence-electron chi connectivity index (χ1n) is 9.54. The van der Waals surface area contributed by atoms with Crippen LogP contribution in [-0.4, -0.2) is 17.6 Å². The van der Waals surface area contributed by atoms with Gasteiger partial charge in [-0.2, -0.15) is 0 Å². The van der Waals surface area contributed by atoms with Crippen molar-refractivity contribution in [3.05, 3.63) is 87.6 Å². The van der Waals surface area contributed by atoms with Gasteiger partial charge in [-0.05, 0) is 63.5 Å². The molecule has 2 atom stereocenters. The molecule has 152 valence electrons. The van der Waals surface area contributed by atoms with E-state index in [1.54, 1.807) is 24.3 Å². The Bertz CT molecular complexity index is 1150. The lowest BCUT2D eigenvalue weighted by Crippen LogP contribution is -2.33. The maximum atomic E-state index is 13.8. The van der Waals surface area contributed by atoms with Gasteiger partial charge < -0.3 is 14.6 Å². The third-order valence-electron chi connectivity index (χ3n) is 5.32. The number of fused-ring (bicyclic) bond motifs is 1. The van der Waals surface area contributed by atoms with Crippen LogP contribution in [0.2, 0.25) is 0 Å². The zero-order valence-corrected chi connectivity index (χ0v) is 17.4. The third-order valence-corrected chi connectivity index (χ3v) is 5.93. The normalized spacial score (nSPS) is 20.1. The number of ether oxygens (including phenoxy) is 2. The van der Waals surface area contributed by atoms with Crippen molar-refractivity contribution in [2.75, 3.05) is 6.79 Å². The van der Waals surface area contributed by atoms with Crippen LogP contribution < -0.4 is 14.8 Å². The monoisotopic (exact) mass is 468 g/mol. The van der Waals surface area contributed by atoms with Gasteiger partial charge in [-0.1, -0.05) is 24.3 Å². The van der Waals surface area contributed by atoms with Crippen LogP contribution >= 0.6 is 15.9 Å². The molecule has 0 unspecified atom stereocenters. The number of aromatic hydroxyl groups is 1. The molecular weight excluding hydrogens is 451 g/mol. The average Bonchev–Trinajstić information content (AvgIpc) is 3.23. The minimum absolute atomic E-state index is 0.169. The van der Waals surface area contributed by atoms with E-state index in [1.807, 2.05) is 30.3 Å². The molecule has 0 saturated heterocycles. The molecule has 2 aliphatic rings. The molecule has 0 saturated carbocycles. The number of nitrogens with zero attached hydrogens (tertiary/aromatic N) is 1. The van der Waals surface area contributed by atoms with Crippen molar-refractivity contribution in [2.24, 2.45) is 4.99 Å². The molecule has 0 spiro atoms. The molecule has 3 aromatic carbocycles. The molecule has 2 N–H and O–H groups in total. The fourth-order valence-corrected chi connectivity index (χ4v) is 4.19. The number of phenols is 1. The molecule has 0 aromatic heterocycles. The van der Waals surface area contributed by atoms with Crippen molar-refractivity contribution < 1.29 is 19.0 Å². The smallest absolute Gasteiger partial charge is 0.231 e. The van der Waals surface area contributed by atoms with Crippen molar-refractivity contribution in [3.8, 4) is 17.2 Å². The second-order valence-electron chi connectivity index (χ2n) is 7.20. The highest BCUT2D eigenvalue weighted by Gasteiger charge is 2.28. The van der Waals surface area contributed by atoms with Gasteiger partial charge in [0.05, 0.1) is 4.47 Å². The number of aliphatic imine (C=N–C) groups is 1. The first-order valence-corrected chi connectivity index (χ1v) is 10.3. The summed E-state index contributed by atoms with van der Waals surface area (Å²) >= 11 is 3.26. The average molecular weight is 469 g/mol. The van der Waals surface area contributed by atoms with Gasteiger partial charge in [-0.25, -0.2) is 4.39 Å². The summed E-state index contributed by atoms with van der Waals surface area (Å²) in [6.07, 6.45) is 0.177. The Kier molecular flexibility index (Phi) is 4.92. The van der Waals surface area contributed by atoms with Crippen molar-refractivity contribution in [1.29, 1.82) is 0 Å². The number of rotatable bonds is 3. The second-order valence-corrected chi connectivity index (χ2v) is 8.06. The molecule has 3 aromatic rings. The molecule has 2 aliphatic heterocycles. The highest BCUT2D eigenvalue weighted by atomic mass is 79.9. The van der Waals surface area contributed by atoms with Crippen LogP contribution in [0.5, 0.6) is 17.2 Å². The molecule has 0 fully saturated rings. The molecule has 2 heterocycles. The van der Waals surface area contributed by atoms with Gasteiger partial charge in [0, 0.05) is 23.7 Å². The van der Waals surface area contributed by atoms with Crippen LogP contribution in [0.3, 0.4) is 0 Å². The van der Waals surface area contributed by atoms with Gasteiger partial charge in [0.2, 0.25) is 6.79 Å². The number of benzene rings is 3. The summed E-state index contributed by atoms with van der Waals surface area (Å²) in [6.45, 7) is 0.208. The number of hydrogen-bond donors (Lipinski definition) is 2. The Morgan fingerprint density at radius 3 is 2.70 bits per heavy atom. The summed E-state index contributed by atoms with van der Waals surface area (Å²) < 4.78 is 25.1. The van der Waals surface area contributed by atoms with E-state index in [4.69, 9.17) is 14.5 Å². The molecule has 7 heteroatoms. The van der Waals surface area contributed by atoms with Crippen molar-refractivity contribution in [2.45, 2.75) is 18.6 Å². The minimum atomic E-state index is -0.402. The zero-order valence-electron chi connectivity index (χ0n) is 15.8. The van der Waals surface area contributed by atoms with Crippen molar-refractivity contribution in [1.82, 2.24) is 5.32 Å². The lowest BCUT2D eigenvalue weighted by atomic mass is 9.93. The second kappa shape index (κ2) is 7.74. The molecule has 5 nitrogen and oxygen atoms in total. The van der Waals surface area contributed by atoms with Gasteiger partial charge >= 0.3 is 0 Å². The fraction of sp³-hybridized carbons (Fsp3) is 0.174. The number of halogens is 2. The van der Waals surface area contributed by atoms with E-state index in [0.29, 0.717) is 22.4 Å². The number of nitrogens with one attached hydrogen (secondary N) is 1. The standard InChI is InChI=1S/C23H18BrFN2O3/c24-16-9-14(5-7-17(16)25)23-26-18(13-6-8-21-22(10-13)30-12-29-21)11-19(27-23)15-3-1-2-4-20(15)28/h1-10,19,23,27-28H,11-12H2/t19-,23+/m1/s1. The van der Waals surface area contributed by atoms with Gasteiger partial charge in [0.1, 0.15) is 17.7 Å². The summed E-state index contributed by atoms with van der Waals surface area (Å²) in [6, 6.07) is 17.7. The Morgan fingerprint density at radius 2 is 1.87 bits per heavy atom. The van der Waals surface area contributed by atoms with Crippen LogP contribution in [0.25, 0.3) is 0 Å². The van der Waals surface area contributed by atoms with E-state index in [9.17, 15) is 9.50 Å². The highest BCUT2D eigenvalue weighted by molar-refractivity contribution is 9.10. The number of para-hydroxylation sites is 1. The third kappa shape index (κ3) is 3.55. The minimum Gasteiger partial charge on any atom is -0.508 e. The zero-order chi connectivity index (χ0) is 20.7.